The minimum absolute atomic E-state index is 0.639. The molecule has 0 aromatic heterocycles. The zero-order chi connectivity index (χ0) is 12.9. The third kappa shape index (κ3) is 4.30. The molecule has 3 unspecified atom stereocenters. The number of hydrogen-bond acceptors (Lipinski definition) is 0. The van der Waals surface area contributed by atoms with Gasteiger partial charge in [-0.3, -0.25) is 0 Å². The fraction of sp³-hybridized carbons (Fsp3) is 1.00. The van der Waals surface area contributed by atoms with Crippen molar-refractivity contribution in [2.24, 2.45) is 23.2 Å². The normalized spacial score (nSPS) is 28.1. The number of rotatable bonds is 9. The van der Waals surface area contributed by atoms with E-state index in [1.807, 2.05) is 0 Å². The van der Waals surface area contributed by atoms with E-state index in [2.05, 4.69) is 34.6 Å². The second-order valence-corrected chi connectivity index (χ2v) is 7.02. The summed E-state index contributed by atoms with van der Waals surface area (Å²) in [5.41, 5.74) is 0.639. The molecule has 0 aromatic rings. The Morgan fingerprint density at radius 3 is 1.88 bits per heavy atom. The van der Waals surface area contributed by atoms with Crippen LogP contribution in [0.2, 0.25) is 0 Å². The van der Waals surface area contributed by atoms with Crippen molar-refractivity contribution in [3.63, 3.8) is 0 Å². The second kappa shape index (κ2) is 6.81. The van der Waals surface area contributed by atoms with Crippen LogP contribution in [-0.4, -0.2) is 0 Å². The predicted molar refractivity (Wildman–Crippen MR) is 78.2 cm³/mol. The van der Waals surface area contributed by atoms with Gasteiger partial charge in [0, 0.05) is 0 Å². The van der Waals surface area contributed by atoms with E-state index in [4.69, 9.17) is 0 Å². The molecule has 0 aliphatic heterocycles. The molecule has 0 radical (unpaired) electrons. The Morgan fingerprint density at radius 1 is 0.941 bits per heavy atom. The topological polar surface area (TPSA) is 0 Å². The molecule has 102 valence electrons. The van der Waals surface area contributed by atoms with E-state index in [0.29, 0.717) is 5.41 Å². The molecule has 3 atom stereocenters. The fourth-order valence-electron chi connectivity index (χ4n) is 3.77. The SMILES string of the molecule is CCCCCCCCCC(C)C1C(C)C1(C)C. The van der Waals surface area contributed by atoms with Crippen LogP contribution in [0.3, 0.4) is 0 Å². The smallest absolute Gasteiger partial charge is 0.0292 e. The van der Waals surface area contributed by atoms with Gasteiger partial charge < -0.3 is 0 Å². The first-order chi connectivity index (χ1) is 8.01. The predicted octanol–water partition coefficient (Wildman–Crippen LogP) is 6.06. The molecule has 1 aliphatic rings. The lowest BCUT2D eigenvalue weighted by molar-refractivity contribution is 0.381. The van der Waals surface area contributed by atoms with Gasteiger partial charge >= 0.3 is 0 Å². The van der Waals surface area contributed by atoms with Crippen molar-refractivity contribution >= 4 is 0 Å². The second-order valence-electron chi connectivity index (χ2n) is 7.02. The van der Waals surface area contributed by atoms with Crippen molar-refractivity contribution < 1.29 is 0 Å². The Hall–Kier alpha value is 0. The first kappa shape index (κ1) is 15.1. The highest BCUT2D eigenvalue weighted by Gasteiger charge is 2.56. The molecule has 0 nitrogen and oxygen atoms in total. The van der Waals surface area contributed by atoms with Gasteiger partial charge in [0.15, 0.2) is 0 Å². The Bertz CT molecular complexity index is 204. The van der Waals surface area contributed by atoms with Crippen LogP contribution in [-0.2, 0) is 0 Å². The maximum atomic E-state index is 2.48. The summed E-state index contributed by atoms with van der Waals surface area (Å²) < 4.78 is 0. The Morgan fingerprint density at radius 2 is 1.41 bits per heavy atom. The van der Waals surface area contributed by atoms with E-state index in [0.717, 1.165) is 17.8 Å². The Kier molecular flexibility index (Phi) is 6.03. The van der Waals surface area contributed by atoms with E-state index >= 15 is 0 Å². The number of hydrogen-bond donors (Lipinski definition) is 0. The van der Waals surface area contributed by atoms with Crippen LogP contribution in [0.1, 0.15) is 86.0 Å². The lowest BCUT2D eigenvalue weighted by Crippen LogP contribution is -2.03. The average Bonchev–Trinajstić information content (AvgIpc) is 2.77. The van der Waals surface area contributed by atoms with Gasteiger partial charge in [0.25, 0.3) is 0 Å². The van der Waals surface area contributed by atoms with Crippen LogP contribution in [0, 0.1) is 23.2 Å². The highest BCUT2D eigenvalue weighted by atomic mass is 14.6. The summed E-state index contributed by atoms with van der Waals surface area (Å²) in [7, 11) is 0. The summed E-state index contributed by atoms with van der Waals surface area (Å²) in [5, 5.41) is 0. The van der Waals surface area contributed by atoms with Gasteiger partial charge in [0.05, 0.1) is 0 Å². The fourth-order valence-corrected chi connectivity index (χ4v) is 3.77. The molecule has 0 amide bonds. The lowest BCUT2D eigenvalue weighted by Gasteiger charge is -2.12. The Labute approximate surface area is 110 Å². The van der Waals surface area contributed by atoms with Crippen LogP contribution < -0.4 is 0 Å². The quantitative estimate of drug-likeness (QED) is 0.429. The van der Waals surface area contributed by atoms with Gasteiger partial charge in [0.2, 0.25) is 0 Å². The van der Waals surface area contributed by atoms with Crippen molar-refractivity contribution in [1.82, 2.24) is 0 Å². The van der Waals surface area contributed by atoms with Crippen molar-refractivity contribution in [2.45, 2.75) is 86.0 Å². The van der Waals surface area contributed by atoms with E-state index in [9.17, 15) is 0 Å². The third-order valence-electron chi connectivity index (χ3n) is 5.34. The van der Waals surface area contributed by atoms with Gasteiger partial charge in [-0.05, 0) is 23.2 Å². The van der Waals surface area contributed by atoms with E-state index in [-0.39, 0.29) is 0 Å². The molecule has 0 aromatic carbocycles. The first-order valence-electron chi connectivity index (χ1n) is 8.01. The number of unbranched alkanes of at least 4 members (excludes halogenated alkanes) is 6. The minimum Gasteiger partial charge on any atom is -0.0654 e. The standard InChI is InChI=1S/C17H34/c1-6-7-8-9-10-11-12-13-14(2)16-15(3)17(16,4)5/h14-16H,6-13H2,1-5H3. The monoisotopic (exact) mass is 238 g/mol. The highest BCUT2D eigenvalue weighted by molar-refractivity contribution is 5.04. The van der Waals surface area contributed by atoms with Crippen LogP contribution in [0.25, 0.3) is 0 Å². The van der Waals surface area contributed by atoms with Gasteiger partial charge in [-0.2, -0.15) is 0 Å². The maximum Gasteiger partial charge on any atom is -0.0292 e. The summed E-state index contributed by atoms with van der Waals surface area (Å²) in [4.78, 5) is 0. The molecule has 1 rings (SSSR count). The van der Waals surface area contributed by atoms with Crippen molar-refractivity contribution in [3.05, 3.63) is 0 Å². The van der Waals surface area contributed by atoms with Crippen molar-refractivity contribution in [2.75, 3.05) is 0 Å². The van der Waals surface area contributed by atoms with Gasteiger partial charge in [0.1, 0.15) is 0 Å². The molecule has 0 heterocycles. The first-order valence-corrected chi connectivity index (χ1v) is 8.01. The molecule has 1 aliphatic carbocycles. The van der Waals surface area contributed by atoms with Gasteiger partial charge in [-0.25, -0.2) is 0 Å². The summed E-state index contributed by atoms with van der Waals surface area (Å²) in [5.74, 6) is 2.92. The van der Waals surface area contributed by atoms with Crippen LogP contribution >= 0.6 is 0 Å². The minimum atomic E-state index is 0.639. The van der Waals surface area contributed by atoms with Crippen molar-refractivity contribution in [1.29, 1.82) is 0 Å². The molecule has 17 heavy (non-hydrogen) atoms. The van der Waals surface area contributed by atoms with Crippen LogP contribution in [0.5, 0.6) is 0 Å². The summed E-state index contributed by atoms with van der Waals surface area (Å²) in [6.07, 6.45) is 11.6. The molecular formula is C17H34. The van der Waals surface area contributed by atoms with Crippen molar-refractivity contribution in [3.8, 4) is 0 Å². The molecule has 0 saturated heterocycles. The van der Waals surface area contributed by atoms with Crippen LogP contribution in [0.15, 0.2) is 0 Å². The molecule has 1 fully saturated rings. The molecular weight excluding hydrogens is 204 g/mol. The largest absolute Gasteiger partial charge is 0.0654 e. The van der Waals surface area contributed by atoms with Gasteiger partial charge in [-0.15, -0.1) is 0 Å². The average molecular weight is 238 g/mol. The summed E-state index contributed by atoms with van der Waals surface area (Å²) in [6.45, 7) is 12.1. The zero-order valence-electron chi connectivity index (χ0n) is 12.9. The molecule has 0 bridgehead atoms. The molecule has 1 saturated carbocycles. The molecule has 0 spiro atoms. The summed E-state index contributed by atoms with van der Waals surface area (Å²) in [6, 6.07) is 0. The molecule has 0 N–H and O–H groups in total. The third-order valence-corrected chi connectivity index (χ3v) is 5.34. The van der Waals surface area contributed by atoms with Gasteiger partial charge in [-0.1, -0.05) is 86.0 Å². The summed E-state index contributed by atoms with van der Waals surface area (Å²) >= 11 is 0. The van der Waals surface area contributed by atoms with E-state index in [1.165, 1.54) is 51.4 Å². The molecule has 0 heteroatoms. The van der Waals surface area contributed by atoms with E-state index in [1.54, 1.807) is 0 Å². The van der Waals surface area contributed by atoms with Crippen LogP contribution in [0.4, 0.5) is 0 Å². The Balaban J connectivity index is 1.97. The lowest BCUT2D eigenvalue weighted by atomic mass is 9.93. The maximum absolute atomic E-state index is 2.48. The van der Waals surface area contributed by atoms with E-state index < -0.39 is 0 Å². The highest BCUT2D eigenvalue weighted by Crippen LogP contribution is 2.62. The zero-order valence-corrected chi connectivity index (χ0v) is 12.9.